The summed E-state index contributed by atoms with van der Waals surface area (Å²) in [6.07, 6.45) is 7.43. The van der Waals surface area contributed by atoms with Crippen LogP contribution in [0.4, 0.5) is 0 Å². The van der Waals surface area contributed by atoms with Crippen molar-refractivity contribution in [3.63, 3.8) is 0 Å². The molecule has 2 heteroatoms. The van der Waals surface area contributed by atoms with E-state index in [2.05, 4.69) is 18.7 Å². The molecule has 0 N–H and O–H groups in total. The molecule has 14 heavy (non-hydrogen) atoms. The predicted octanol–water partition coefficient (Wildman–Crippen LogP) is 2.91. The first-order chi connectivity index (χ1) is 5.79. The minimum atomic E-state index is 0. The topological polar surface area (TPSA) is 3.24 Å². The molecule has 1 nitrogen and oxygen atoms in total. The number of fused-ring (bicyclic) bond motifs is 1. The molecule has 0 bridgehead atoms. The molecule has 0 aromatic rings. The van der Waals surface area contributed by atoms with Gasteiger partial charge in [0.2, 0.25) is 0 Å². The molecule has 2 rings (SSSR count). The molecule has 0 amide bonds. The Morgan fingerprint density at radius 3 is 2.36 bits per heavy atom. The Morgan fingerprint density at radius 1 is 1.07 bits per heavy atom. The van der Waals surface area contributed by atoms with Gasteiger partial charge in [-0.1, -0.05) is 20.3 Å². The van der Waals surface area contributed by atoms with E-state index in [9.17, 15) is 0 Å². The largest absolute Gasteiger partial charge is 0.298 e. The van der Waals surface area contributed by atoms with E-state index in [1.54, 1.807) is 0 Å². The third kappa shape index (κ3) is 2.53. The molecule has 1 aliphatic heterocycles. The van der Waals surface area contributed by atoms with E-state index in [1.165, 1.54) is 38.6 Å². The van der Waals surface area contributed by atoms with Crippen molar-refractivity contribution >= 4 is 8.41 Å². The van der Waals surface area contributed by atoms with E-state index < -0.39 is 0 Å². The third-order valence-corrected chi connectivity index (χ3v) is 3.72. The zero-order valence-electron chi connectivity index (χ0n) is 9.00. The fourth-order valence-corrected chi connectivity index (χ4v) is 3.08. The third-order valence-electron chi connectivity index (χ3n) is 3.72. The lowest BCUT2D eigenvalue weighted by molar-refractivity contribution is 0.149. The van der Waals surface area contributed by atoms with Crippen molar-refractivity contribution < 1.29 is 0 Å². The van der Waals surface area contributed by atoms with Crippen molar-refractivity contribution in [1.82, 2.24) is 4.90 Å². The number of hydrogen-bond donors (Lipinski definition) is 0. The van der Waals surface area contributed by atoms with Gasteiger partial charge in [-0.3, -0.25) is 4.90 Å². The molecule has 0 spiro atoms. The van der Waals surface area contributed by atoms with Gasteiger partial charge < -0.3 is 0 Å². The summed E-state index contributed by atoms with van der Waals surface area (Å²) >= 11 is 0. The summed E-state index contributed by atoms with van der Waals surface area (Å²) in [5, 5.41) is 0. The molecule has 2 aliphatic rings. The van der Waals surface area contributed by atoms with Gasteiger partial charge in [-0.15, -0.1) is 0 Å². The Morgan fingerprint density at radius 2 is 1.71 bits per heavy atom. The molecule has 0 aromatic carbocycles. The summed E-state index contributed by atoms with van der Waals surface area (Å²) in [4.78, 5) is 2.73. The van der Waals surface area contributed by atoms with Crippen molar-refractivity contribution in [2.75, 3.05) is 6.54 Å². The molecule has 1 aliphatic carbocycles. The minimum Gasteiger partial charge on any atom is -0.298 e. The van der Waals surface area contributed by atoms with Crippen LogP contribution < -0.4 is 0 Å². The van der Waals surface area contributed by atoms with Crippen LogP contribution >= 0.6 is 0 Å². The van der Waals surface area contributed by atoms with Crippen molar-refractivity contribution in [2.24, 2.45) is 5.92 Å². The molecule has 2 unspecified atom stereocenters. The zero-order valence-corrected chi connectivity index (χ0v) is 9.00. The minimum absolute atomic E-state index is 0. The van der Waals surface area contributed by atoms with Crippen molar-refractivity contribution in [2.45, 2.75) is 65.5 Å². The summed E-state index contributed by atoms with van der Waals surface area (Å²) in [5.74, 6) is 1.06. The molecule has 3 radical (unpaired) electrons. The smallest absolute Gasteiger partial charge is 0.0127 e. The van der Waals surface area contributed by atoms with E-state index in [4.69, 9.17) is 0 Å². The van der Waals surface area contributed by atoms with Crippen molar-refractivity contribution in [1.29, 1.82) is 0 Å². The van der Waals surface area contributed by atoms with E-state index in [-0.39, 0.29) is 15.8 Å². The van der Waals surface area contributed by atoms with Crippen LogP contribution in [0.5, 0.6) is 0 Å². The highest BCUT2D eigenvalue weighted by molar-refractivity contribution is 5.75. The fraction of sp³-hybridized carbons (Fsp3) is 1.00. The maximum atomic E-state index is 2.73. The van der Waals surface area contributed by atoms with E-state index in [0.717, 1.165) is 18.0 Å². The van der Waals surface area contributed by atoms with Crippen molar-refractivity contribution in [3.8, 4) is 0 Å². The van der Waals surface area contributed by atoms with Gasteiger partial charge in [0.15, 0.2) is 0 Å². The van der Waals surface area contributed by atoms with Crippen LogP contribution in [0.15, 0.2) is 0 Å². The summed E-state index contributed by atoms with van der Waals surface area (Å²) in [6.45, 7) is 6.06. The average molecular weight is 194 g/mol. The Balaban J connectivity index is 0.000000845. The first kappa shape index (κ1) is 14.0. The Hall–Kier alpha value is 0.0249. The van der Waals surface area contributed by atoms with Gasteiger partial charge in [0.05, 0.1) is 0 Å². The molecule has 1 saturated heterocycles. The highest BCUT2D eigenvalue weighted by Crippen LogP contribution is 2.36. The van der Waals surface area contributed by atoms with Crippen LogP contribution in [0, 0.1) is 5.92 Å². The molecular formula is C12H25BN. The Labute approximate surface area is 91.8 Å². The standard InChI is InChI=1S/C11H21N.CH4.B/c1-9(2)12-8-7-10-5-3-4-6-11(10)12;;/h9-11H,3-8H2,1-2H3;1H4;. The van der Waals surface area contributed by atoms with Crippen LogP contribution in [0.3, 0.4) is 0 Å². The molecule has 2 atom stereocenters. The molecule has 2 fully saturated rings. The first-order valence-electron chi connectivity index (χ1n) is 5.55. The summed E-state index contributed by atoms with van der Waals surface area (Å²) in [6, 6.07) is 1.73. The molecule has 1 heterocycles. The maximum Gasteiger partial charge on any atom is 0.0127 e. The summed E-state index contributed by atoms with van der Waals surface area (Å²) < 4.78 is 0. The predicted molar refractivity (Wildman–Crippen MR) is 64.7 cm³/mol. The van der Waals surface area contributed by atoms with Crippen LogP contribution in [-0.4, -0.2) is 31.9 Å². The van der Waals surface area contributed by atoms with Crippen LogP contribution in [0.1, 0.15) is 53.4 Å². The second-order valence-corrected chi connectivity index (χ2v) is 4.73. The van der Waals surface area contributed by atoms with Gasteiger partial charge in [0.1, 0.15) is 0 Å². The lowest BCUT2D eigenvalue weighted by Gasteiger charge is -2.34. The lowest BCUT2D eigenvalue weighted by atomic mass is 9.85. The average Bonchev–Trinajstić information content (AvgIpc) is 2.47. The van der Waals surface area contributed by atoms with Gasteiger partial charge >= 0.3 is 0 Å². The lowest BCUT2D eigenvalue weighted by Crippen LogP contribution is -2.39. The highest BCUT2D eigenvalue weighted by Gasteiger charge is 2.36. The van der Waals surface area contributed by atoms with Gasteiger partial charge in [-0.25, -0.2) is 0 Å². The second-order valence-electron chi connectivity index (χ2n) is 4.73. The van der Waals surface area contributed by atoms with E-state index >= 15 is 0 Å². The zero-order chi connectivity index (χ0) is 8.55. The number of nitrogens with zero attached hydrogens (tertiary/aromatic N) is 1. The number of rotatable bonds is 1. The first-order valence-corrected chi connectivity index (χ1v) is 5.55. The van der Waals surface area contributed by atoms with E-state index in [0.29, 0.717) is 0 Å². The van der Waals surface area contributed by atoms with Crippen molar-refractivity contribution in [3.05, 3.63) is 0 Å². The van der Waals surface area contributed by atoms with Crippen LogP contribution in [-0.2, 0) is 0 Å². The van der Waals surface area contributed by atoms with Gasteiger partial charge in [-0.2, -0.15) is 0 Å². The normalized spacial score (nSPS) is 31.9. The molecular weight excluding hydrogens is 169 g/mol. The number of likely N-dealkylation sites (tertiary alicyclic amines) is 1. The summed E-state index contributed by atoms with van der Waals surface area (Å²) in [5.41, 5.74) is 0. The van der Waals surface area contributed by atoms with Gasteiger partial charge in [0, 0.05) is 20.5 Å². The monoisotopic (exact) mass is 194 g/mol. The number of hydrogen-bond acceptors (Lipinski definition) is 1. The van der Waals surface area contributed by atoms with Gasteiger partial charge in [-0.05, 0) is 45.6 Å². The van der Waals surface area contributed by atoms with Gasteiger partial charge in [0.25, 0.3) is 0 Å². The molecule has 0 aromatic heterocycles. The SMILES string of the molecule is C.CC(C)N1CCC2CCCCC21.[B]. The maximum absolute atomic E-state index is 2.73. The fourth-order valence-electron chi connectivity index (χ4n) is 3.08. The second kappa shape index (κ2) is 5.80. The molecule has 1 saturated carbocycles. The van der Waals surface area contributed by atoms with E-state index in [1.807, 2.05) is 0 Å². The quantitative estimate of drug-likeness (QED) is 0.580. The highest BCUT2D eigenvalue weighted by atomic mass is 15.2. The Kier molecular flexibility index (Phi) is 5.81. The Bertz CT molecular complexity index is 158. The molecule has 81 valence electrons. The van der Waals surface area contributed by atoms with Crippen LogP contribution in [0.25, 0.3) is 0 Å². The van der Waals surface area contributed by atoms with Crippen LogP contribution in [0.2, 0.25) is 0 Å². The summed E-state index contributed by atoms with van der Waals surface area (Å²) in [7, 11) is 0.